The van der Waals surface area contributed by atoms with Crippen LogP contribution in [0.5, 0.6) is 0 Å². The molecule has 0 bridgehead atoms. The summed E-state index contributed by atoms with van der Waals surface area (Å²) in [5.74, 6) is -0.170. The average Bonchev–Trinajstić information content (AvgIpc) is 2.19. The van der Waals surface area contributed by atoms with Crippen molar-refractivity contribution in [2.75, 3.05) is 5.33 Å². The molecule has 1 aromatic carbocycles. The van der Waals surface area contributed by atoms with Crippen LogP contribution in [0.3, 0.4) is 0 Å². The number of nitrogens with zero attached hydrogens (tertiary/aromatic N) is 1. The quantitative estimate of drug-likeness (QED) is 0.368. The smallest absolute Gasteiger partial charge is 0.274 e. The molecule has 0 radical (unpaired) electrons. The molecule has 0 spiro atoms. The van der Waals surface area contributed by atoms with Crippen molar-refractivity contribution in [3.05, 3.63) is 37.8 Å². The number of halogens is 2. The maximum atomic E-state index is 11.5. The molecule has 0 fully saturated rings. The van der Waals surface area contributed by atoms with E-state index in [0.717, 1.165) is 0 Å². The maximum absolute atomic E-state index is 11.5. The van der Waals surface area contributed by atoms with Gasteiger partial charge in [-0.25, -0.2) is 0 Å². The van der Waals surface area contributed by atoms with E-state index in [0.29, 0.717) is 15.6 Å². The third kappa shape index (κ3) is 2.63. The zero-order chi connectivity index (χ0) is 11.6. The van der Waals surface area contributed by atoms with Crippen molar-refractivity contribution >= 4 is 43.3 Å². The first-order valence-corrected chi connectivity index (χ1v) is 5.92. The monoisotopic (exact) mass is 335 g/mol. The molecule has 0 atom stereocenters. The Balaban J connectivity index is 3.41. The van der Waals surface area contributed by atoms with Gasteiger partial charge in [0.15, 0.2) is 5.78 Å². The summed E-state index contributed by atoms with van der Waals surface area (Å²) in [7, 11) is 0. The molecule has 0 aliphatic carbocycles. The van der Waals surface area contributed by atoms with Gasteiger partial charge >= 0.3 is 0 Å². The first-order chi connectivity index (χ1) is 6.97. The second-order valence-electron chi connectivity index (χ2n) is 2.91. The molecule has 0 amide bonds. The van der Waals surface area contributed by atoms with Crippen LogP contribution in [-0.4, -0.2) is 16.0 Å². The molecule has 1 rings (SSSR count). The van der Waals surface area contributed by atoms with Crippen LogP contribution in [0.2, 0.25) is 0 Å². The minimum atomic E-state index is -0.495. The van der Waals surface area contributed by atoms with E-state index in [9.17, 15) is 14.9 Å². The van der Waals surface area contributed by atoms with E-state index in [1.807, 2.05) is 0 Å². The highest BCUT2D eigenvalue weighted by Crippen LogP contribution is 2.27. The molecule has 6 heteroatoms. The fourth-order valence-electron chi connectivity index (χ4n) is 1.22. The highest BCUT2D eigenvalue weighted by atomic mass is 79.9. The summed E-state index contributed by atoms with van der Waals surface area (Å²) in [5, 5.41) is 10.9. The summed E-state index contributed by atoms with van der Waals surface area (Å²) in [5.41, 5.74) is 0.717. The number of rotatable bonds is 3. The van der Waals surface area contributed by atoms with Crippen LogP contribution in [-0.2, 0) is 0 Å². The number of hydrogen-bond acceptors (Lipinski definition) is 3. The van der Waals surface area contributed by atoms with Crippen LogP contribution in [0.25, 0.3) is 0 Å². The molecule has 0 aliphatic heterocycles. The third-order valence-electron chi connectivity index (χ3n) is 1.96. The standard InChI is InChI=1S/C9H7Br2NO3/c1-5-7(9(13)4-10)2-6(11)3-8(5)12(14)15/h2-3H,4H2,1H3. The van der Waals surface area contributed by atoms with Gasteiger partial charge in [0.2, 0.25) is 0 Å². The summed E-state index contributed by atoms with van der Waals surface area (Å²) in [6.45, 7) is 1.57. The molecule has 0 saturated carbocycles. The van der Waals surface area contributed by atoms with Crippen molar-refractivity contribution in [2.24, 2.45) is 0 Å². The van der Waals surface area contributed by atoms with Crippen LogP contribution in [0, 0.1) is 17.0 Å². The zero-order valence-electron chi connectivity index (χ0n) is 7.79. The van der Waals surface area contributed by atoms with E-state index >= 15 is 0 Å². The normalized spacial score (nSPS) is 10.1. The van der Waals surface area contributed by atoms with Crippen molar-refractivity contribution in [3.8, 4) is 0 Å². The first kappa shape index (κ1) is 12.3. The lowest BCUT2D eigenvalue weighted by Gasteiger charge is -2.04. The van der Waals surface area contributed by atoms with Crippen LogP contribution < -0.4 is 0 Å². The molecule has 15 heavy (non-hydrogen) atoms. The van der Waals surface area contributed by atoms with E-state index in [2.05, 4.69) is 31.9 Å². The molecular formula is C9H7Br2NO3. The van der Waals surface area contributed by atoms with Crippen molar-refractivity contribution in [1.82, 2.24) is 0 Å². The lowest BCUT2D eigenvalue weighted by Crippen LogP contribution is -2.05. The lowest BCUT2D eigenvalue weighted by molar-refractivity contribution is -0.385. The van der Waals surface area contributed by atoms with Gasteiger partial charge < -0.3 is 0 Å². The van der Waals surface area contributed by atoms with Crippen LogP contribution in [0.4, 0.5) is 5.69 Å². The average molecular weight is 337 g/mol. The van der Waals surface area contributed by atoms with Crippen LogP contribution >= 0.6 is 31.9 Å². The molecule has 1 aromatic rings. The van der Waals surface area contributed by atoms with Gasteiger partial charge in [-0.05, 0) is 13.0 Å². The molecule has 0 saturated heterocycles. The highest BCUT2D eigenvalue weighted by molar-refractivity contribution is 9.10. The highest BCUT2D eigenvalue weighted by Gasteiger charge is 2.18. The second-order valence-corrected chi connectivity index (χ2v) is 4.39. The Morgan fingerprint density at radius 2 is 2.13 bits per heavy atom. The Labute approximate surface area is 103 Å². The van der Waals surface area contributed by atoms with Gasteiger partial charge in [-0.15, -0.1) is 0 Å². The van der Waals surface area contributed by atoms with Gasteiger partial charge in [0.05, 0.1) is 10.3 Å². The zero-order valence-corrected chi connectivity index (χ0v) is 11.0. The maximum Gasteiger partial charge on any atom is 0.274 e. The van der Waals surface area contributed by atoms with Gasteiger partial charge in [-0.3, -0.25) is 14.9 Å². The van der Waals surface area contributed by atoms with E-state index < -0.39 is 4.92 Å². The molecular weight excluding hydrogens is 330 g/mol. The molecule has 80 valence electrons. The molecule has 4 nitrogen and oxygen atoms in total. The van der Waals surface area contributed by atoms with Crippen LogP contribution in [0.1, 0.15) is 15.9 Å². The predicted molar refractivity (Wildman–Crippen MR) is 63.7 cm³/mol. The number of alkyl halides is 1. The van der Waals surface area contributed by atoms with Gasteiger partial charge in [0.1, 0.15) is 0 Å². The molecule has 0 aliphatic rings. The minimum absolute atomic E-state index is 0.0475. The fraction of sp³-hybridized carbons (Fsp3) is 0.222. The molecule has 0 heterocycles. The number of benzene rings is 1. The predicted octanol–water partition coefficient (Wildman–Crippen LogP) is 3.24. The van der Waals surface area contributed by atoms with Crippen molar-refractivity contribution in [2.45, 2.75) is 6.92 Å². The molecule has 0 N–H and O–H groups in total. The first-order valence-electron chi connectivity index (χ1n) is 4.01. The molecule has 0 unspecified atom stereocenters. The minimum Gasteiger partial charge on any atom is -0.293 e. The van der Waals surface area contributed by atoms with Crippen LogP contribution in [0.15, 0.2) is 16.6 Å². The number of Topliss-reactive ketones (excluding diaryl/α,β-unsaturated/α-hetero) is 1. The van der Waals surface area contributed by atoms with E-state index in [1.54, 1.807) is 13.0 Å². The molecule has 0 aromatic heterocycles. The Kier molecular flexibility index (Phi) is 3.98. The Morgan fingerprint density at radius 1 is 1.53 bits per heavy atom. The Hall–Kier alpha value is -0.750. The van der Waals surface area contributed by atoms with Gasteiger partial charge in [0.25, 0.3) is 5.69 Å². The SMILES string of the molecule is Cc1c(C(=O)CBr)cc(Br)cc1[N+](=O)[O-]. The second kappa shape index (κ2) is 4.85. The number of ketones is 1. The van der Waals surface area contributed by atoms with Crippen molar-refractivity contribution < 1.29 is 9.72 Å². The lowest BCUT2D eigenvalue weighted by atomic mass is 10.0. The summed E-state index contributed by atoms with van der Waals surface area (Å²) >= 11 is 6.18. The summed E-state index contributed by atoms with van der Waals surface area (Å²) in [6, 6.07) is 2.98. The third-order valence-corrected chi connectivity index (χ3v) is 2.93. The van der Waals surface area contributed by atoms with Crippen molar-refractivity contribution in [1.29, 1.82) is 0 Å². The number of carbonyl (C=O) groups excluding carboxylic acids is 1. The van der Waals surface area contributed by atoms with E-state index in [1.165, 1.54) is 6.07 Å². The number of carbonyl (C=O) groups is 1. The summed E-state index contributed by atoms with van der Waals surface area (Å²) < 4.78 is 0.532. The van der Waals surface area contributed by atoms with Gasteiger partial charge in [0, 0.05) is 21.7 Å². The topological polar surface area (TPSA) is 60.2 Å². The summed E-state index contributed by atoms with van der Waals surface area (Å²) in [4.78, 5) is 21.7. The van der Waals surface area contributed by atoms with E-state index in [-0.39, 0.29) is 16.8 Å². The Bertz CT molecular complexity index is 432. The summed E-state index contributed by atoms with van der Waals surface area (Å²) in [6.07, 6.45) is 0. The number of nitro groups is 1. The largest absolute Gasteiger partial charge is 0.293 e. The fourth-order valence-corrected chi connectivity index (χ4v) is 1.96. The van der Waals surface area contributed by atoms with E-state index in [4.69, 9.17) is 0 Å². The number of nitro benzene ring substituents is 1. The van der Waals surface area contributed by atoms with Crippen molar-refractivity contribution in [3.63, 3.8) is 0 Å². The number of hydrogen-bond donors (Lipinski definition) is 0. The Morgan fingerprint density at radius 3 is 2.60 bits per heavy atom. The van der Waals surface area contributed by atoms with Gasteiger partial charge in [-0.1, -0.05) is 31.9 Å². The van der Waals surface area contributed by atoms with Gasteiger partial charge in [-0.2, -0.15) is 0 Å².